The number of ketones is 1. The van der Waals surface area contributed by atoms with Gasteiger partial charge in [-0.1, -0.05) is 109 Å². The second kappa shape index (κ2) is 13.2. The van der Waals surface area contributed by atoms with Gasteiger partial charge in [0.2, 0.25) is 0 Å². The average molecular weight is 664 g/mol. The number of methoxy groups -OCH3 is 1. The summed E-state index contributed by atoms with van der Waals surface area (Å²) in [7, 11) is 1.25. The molecule has 1 fully saturated rings. The number of para-hydroxylation sites is 3. The van der Waals surface area contributed by atoms with Gasteiger partial charge in [0.25, 0.3) is 11.8 Å². The number of fused-ring (bicyclic) bond motifs is 1. The first-order valence-electron chi connectivity index (χ1n) is 15.5. The topological polar surface area (TPSA) is 96.3 Å². The zero-order valence-electron chi connectivity index (χ0n) is 26.3. The summed E-state index contributed by atoms with van der Waals surface area (Å²) < 4.78 is 5.06. The number of rotatable bonds is 6. The van der Waals surface area contributed by atoms with E-state index in [4.69, 9.17) is 9.73 Å². The van der Waals surface area contributed by atoms with Crippen molar-refractivity contribution in [1.82, 2.24) is 0 Å². The zero-order valence-corrected chi connectivity index (χ0v) is 27.1. The summed E-state index contributed by atoms with van der Waals surface area (Å²) in [6.07, 6.45) is 1.25. The molecule has 2 amide bonds. The van der Waals surface area contributed by atoms with E-state index in [2.05, 4.69) is 0 Å². The van der Waals surface area contributed by atoms with Crippen molar-refractivity contribution in [2.24, 2.45) is 10.9 Å². The summed E-state index contributed by atoms with van der Waals surface area (Å²) >= 11 is 1.08. The molecule has 1 spiro atoms. The summed E-state index contributed by atoms with van der Waals surface area (Å²) in [6, 6.07) is 42.2. The quantitative estimate of drug-likeness (QED) is 0.105. The van der Waals surface area contributed by atoms with Crippen molar-refractivity contribution in [2.75, 3.05) is 16.9 Å². The van der Waals surface area contributed by atoms with E-state index in [9.17, 15) is 4.79 Å². The Bertz CT molecular complexity index is 2040. The molecule has 9 heteroatoms. The lowest BCUT2D eigenvalue weighted by Gasteiger charge is -2.44. The van der Waals surface area contributed by atoms with Gasteiger partial charge in [-0.25, -0.2) is 9.79 Å². The minimum Gasteiger partial charge on any atom is -0.466 e. The summed E-state index contributed by atoms with van der Waals surface area (Å²) in [5, 5.41) is 0.257. The number of nitrogens with zero attached hydrogens (tertiary/aromatic N) is 3. The molecule has 2 heterocycles. The predicted molar refractivity (Wildman–Crippen MR) is 191 cm³/mol. The number of carbonyl (C=O) groups excluding carboxylic acids is 4. The maximum atomic E-state index is 15.1. The number of benzene rings is 5. The van der Waals surface area contributed by atoms with Crippen LogP contribution in [0.2, 0.25) is 0 Å². The molecule has 1 atom stereocenters. The highest BCUT2D eigenvalue weighted by Crippen LogP contribution is 2.60. The molecule has 5 aromatic carbocycles. The molecular weight excluding hydrogens is 635 g/mol. The molecule has 0 bridgehead atoms. The molecule has 7 rings (SSSR count). The van der Waals surface area contributed by atoms with Crippen LogP contribution in [0.25, 0.3) is 0 Å². The number of amides is 2. The molecule has 1 unspecified atom stereocenters. The third-order valence-corrected chi connectivity index (χ3v) is 9.65. The third kappa shape index (κ3) is 5.44. The van der Waals surface area contributed by atoms with Gasteiger partial charge in [0.1, 0.15) is 11.0 Å². The summed E-state index contributed by atoms with van der Waals surface area (Å²) in [4.78, 5) is 66.6. The molecule has 0 saturated carbocycles. The summed E-state index contributed by atoms with van der Waals surface area (Å²) in [6.45, 7) is 0. The molecule has 49 heavy (non-hydrogen) atoms. The summed E-state index contributed by atoms with van der Waals surface area (Å²) in [5.41, 5.74) is 0.470. The van der Waals surface area contributed by atoms with Gasteiger partial charge in [-0.15, -0.1) is 0 Å². The Morgan fingerprint density at radius 1 is 0.633 bits per heavy atom. The minimum atomic E-state index is -1.89. The lowest BCUT2D eigenvalue weighted by molar-refractivity contribution is -0.134. The molecular formula is C40H29N3O5S. The number of Topliss-reactive ketones (excluding diaryl/α,β-unsaturated/α-hetero) is 1. The number of hydrogen-bond donors (Lipinski definition) is 0. The highest BCUT2D eigenvalue weighted by Gasteiger charge is 2.69. The van der Waals surface area contributed by atoms with E-state index in [0.29, 0.717) is 33.8 Å². The van der Waals surface area contributed by atoms with Crippen molar-refractivity contribution in [3.8, 4) is 0 Å². The highest BCUT2D eigenvalue weighted by atomic mass is 32.2. The zero-order chi connectivity index (χ0) is 34.0. The van der Waals surface area contributed by atoms with Crippen LogP contribution < -0.4 is 9.80 Å². The number of thioether (sulfide) groups is 1. The van der Waals surface area contributed by atoms with Crippen LogP contribution in [-0.4, -0.2) is 41.4 Å². The third-order valence-electron chi connectivity index (χ3n) is 8.48. The standard InChI is InChI=1S/C40H29N3O5S/c1-48-34(44)26-33-35(36(45)27-16-6-2-7-17-27)40(39(49-33)41-30-22-12-5-13-23-30)42(37(46)28-18-8-3-9-19-28)31-24-14-15-25-32(31)43(40)38(47)29-20-10-4-11-21-29/h2-26,35H,1H3/b33-26-,41-39?. The largest absolute Gasteiger partial charge is 0.466 e. The maximum Gasteiger partial charge on any atom is 0.331 e. The normalized spacial score (nSPS) is 17.7. The fourth-order valence-corrected chi connectivity index (χ4v) is 7.74. The number of hydrogen-bond acceptors (Lipinski definition) is 7. The van der Waals surface area contributed by atoms with Crippen LogP contribution in [0.5, 0.6) is 0 Å². The van der Waals surface area contributed by atoms with E-state index in [-0.39, 0.29) is 9.95 Å². The summed E-state index contributed by atoms with van der Waals surface area (Å²) in [5.74, 6) is -3.31. The first kappa shape index (κ1) is 31.5. The Morgan fingerprint density at radius 3 is 1.53 bits per heavy atom. The van der Waals surface area contributed by atoms with E-state index in [1.54, 1.807) is 115 Å². The second-order valence-electron chi connectivity index (χ2n) is 11.3. The fraction of sp³-hybridized carbons (Fsp3) is 0.0750. The van der Waals surface area contributed by atoms with E-state index < -0.39 is 35.1 Å². The van der Waals surface area contributed by atoms with Crippen molar-refractivity contribution < 1.29 is 23.9 Å². The van der Waals surface area contributed by atoms with E-state index in [1.807, 2.05) is 30.3 Å². The van der Waals surface area contributed by atoms with Gasteiger partial charge in [0, 0.05) is 27.7 Å². The Balaban J connectivity index is 1.63. The fourth-order valence-electron chi connectivity index (χ4n) is 6.37. The lowest BCUT2D eigenvalue weighted by atomic mass is 9.82. The van der Waals surface area contributed by atoms with Crippen molar-refractivity contribution in [1.29, 1.82) is 0 Å². The molecule has 8 nitrogen and oxygen atoms in total. The van der Waals surface area contributed by atoms with E-state index >= 15 is 14.4 Å². The molecule has 0 N–H and O–H groups in total. The van der Waals surface area contributed by atoms with Crippen LogP contribution in [0.1, 0.15) is 31.1 Å². The molecule has 0 aliphatic carbocycles. The molecule has 5 aromatic rings. The maximum absolute atomic E-state index is 15.1. The van der Waals surface area contributed by atoms with Crippen molar-refractivity contribution in [3.63, 3.8) is 0 Å². The monoisotopic (exact) mass is 663 g/mol. The number of anilines is 2. The van der Waals surface area contributed by atoms with Crippen LogP contribution in [0.4, 0.5) is 17.1 Å². The van der Waals surface area contributed by atoms with Crippen molar-refractivity contribution >= 4 is 57.4 Å². The number of esters is 1. The van der Waals surface area contributed by atoms with Crippen molar-refractivity contribution in [2.45, 2.75) is 5.66 Å². The Morgan fingerprint density at radius 2 is 1.06 bits per heavy atom. The Kier molecular flexibility index (Phi) is 8.50. The molecule has 2 aliphatic rings. The smallest absolute Gasteiger partial charge is 0.331 e. The van der Waals surface area contributed by atoms with Gasteiger partial charge in [-0.3, -0.25) is 24.2 Å². The molecule has 0 aromatic heterocycles. The van der Waals surface area contributed by atoms with Gasteiger partial charge in [-0.05, 0) is 48.5 Å². The van der Waals surface area contributed by atoms with Gasteiger partial charge in [-0.2, -0.15) is 0 Å². The number of carbonyl (C=O) groups is 4. The average Bonchev–Trinajstić information content (AvgIpc) is 3.62. The molecule has 1 saturated heterocycles. The van der Waals surface area contributed by atoms with Gasteiger partial charge in [0.05, 0.1) is 24.2 Å². The second-order valence-corrected chi connectivity index (χ2v) is 12.4. The highest BCUT2D eigenvalue weighted by molar-refractivity contribution is 8.18. The van der Waals surface area contributed by atoms with Gasteiger partial charge in [0.15, 0.2) is 11.4 Å². The first-order chi connectivity index (χ1) is 23.9. The van der Waals surface area contributed by atoms with Crippen LogP contribution in [0.3, 0.4) is 0 Å². The van der Waals surface area contributed by atoms with Crippen molar-refractivity contribution in [3.05, 3.63) is 173 Å². The Hall–Kier alpha value is -6.06. The minimum absolute atomic E-state index is 0.257. The van der Waals surface area contributed by atoms with Crippen LogP contribution >= 0.6 is 11.8 Å². The van der Waals surface area contributed by atoms with Crippen LogP contribution in [0.15, 0.2) is 162 Å². The number of aliphatic imine (C=N–C) groups is 1. The molecule has 240 valence electrons. The van der Waals surface area contributed by atoms with Crippen LogP contribution in [-0.2, 0) is 9.53 Å². The lowest BCUT2D eigenvalue weighted by Crippen LogP contribution is -2.68. The first-order valence-corrected chi connectivity index (χ1v) is 16.4. The van der Waals surface area contributed by atoms with E-state index in [0.717, 1.165) is 11.8 Å². The number of ether oxygens (including phenoxy) is 1. The predicted octanol–water partition coefficient (Wildman–Crippen LogP) is 7.72. The molecule has 0 radical (unpaired) electrons. The van der Waals surface area contributed by atoms with E-state index in [1.165, 1.54) is 23.0 Å². The SMILES string of the molecule is COC(=O)/C=C1\SC(=Nc2ccccc2)C2(C1C(=O)c1ccccc1)N(C(=O)c1ccccc1)c1ccccc1N2C(=O)c1ccccc1. The molecule has 2 aliphatic heterocycles. The van der Waals surface area contributed by atoms with Crippen LogP contribution in [0, 0.1) is 5.92 Å². The Labute approximate surface area is 287 Å². The van der Waals surface area contributed by atoms with Gasteiger partial charge >= 0.3 is 5.97 Å². The van der Waals surface area contributed by atoms with Gasteiger partial charge < -0.3 is 4.74 Å².